The predicted molar refractivity (Wildman–Crippen MR) is 177 cm³/mol. The molecule has 2 aromatic heterocycles. The van der Waals surface area contributed by atoms with Crippen LogP contribution in [0.1, 0.15) is 71.3 Å². The number of halogens is 5. The van der Waals surface area contributed by atoms with Gasteiger partial charge in [0.05, 0.1) is 5.69 Å². The fourth-order valence-electron chi connectivity index (χ4n) is 6.42. The molecular weight excluding hydrogens is 673 g/mol. The fraction of sp³-hybridized carbons (Fsp3) is 0.531. The Balaban J connectivity index is 1.34. The van der Waals surface area contributed by atoms with Crippen LogP contribution in [0.4, 0.5) is 35.6 Å². The van der Waals surface area contributed by atoms with Crippen molar-refractivity contribution < 1.29 is 33.8 Å². The zero-order valence-corrected chi connectivity index (χ0v) is 28.6. The summed E-state index contributed by atoms with van der Waals surface area (Å²) in [5, 5.41) is 7.07. The summed E-state index contributed by atoms with van der Waals surface area (Å²) in [5.74, 6) is -0.188. The minimum absolute atomic E-state index is 0.118. The number of carbonyl (C=O) groups excluding carboxylic acids is 2. The van der Waals surface area contributed by atoms with E-state index in [0.29, 0.717) is 36.4 Å². The lowest BCUT2D eigenvalue weighted by molar-refractivity contribution is -0.116. The monoisotopic (exact) mass is 713 g/mol. The Morgan fingerprint density at radius 2 is 1.65 bits per heavy atom. The number of nitrogens with zero attached hydrogens (tertiary/aromatic N) is 6. The molecule has 49 heavy (non-hydrogen) atoms. The molecule has 6 rings (SSSR count). The van der Waals surface area contributed by atoms with Crippen LogP contribution in [0.15, 0.2) is 40.0 Å². The largest absolute Gasteiger partial charge is 0.444 e. The van der Waals surface area contributed by atoms with Gasteiger partial charge in [-0.25, -0.2) is 4.79 Å². The van der Waals surface area contributed by atoms with E-state index in [1.807, 2.05) is 11.8 Å². The van der Waals surface area contributed by atoms with Crippen molar-refractivity contribution in [1.82, 2.24) is 24.1 Å². The van der Waals surface area contributed by atoms with Gasteiger partial charge in [-0.05, 0) is 94.5 Å². The smallest absolute Gasteiger partial charge is 0.410 e. The van der Waals surface area contributed by atoms with E-state index in [9.17, 15) is 33.8 Å². The molecule has 17 heteroatoms. The van der Waals surface area contributed by atoms with Crippen LogP contribution in [0.3, 0.4) is 0 Å². The second-order valence-corrected chi connectivity index (χ2v) is 16.5. The number of piperazine rings is 1. The van der Waals surface area contributed by atoms with Crippen LogP contribution >= 0.6 is 10.2 Å². The zero-order chi connectivity index (χ0) is 35.6. The summed E-state index contributed by atoms with van der Waals surface area (Å²) in [7, 11) is -9.88. The van der Waals surface area contributed by atoms with E-state index in [-0.39, 0.29) is 42.4 Å². The summed E-state index contributed by atoms with van der Waals surface area (Å²) in [6.07, 6.45) is 6.96. The highest BCUT2D eigenvalue weighted by molar-refractivity contribution is 8.45. The van der Waals surface area contributed by atoms with Crippen LogP contribution in [-0.2, 0) is 22.5 Å². The minimum atomic E-state index is -9.88. The SMILES string of the molecule is CCc1c(N2CCN(C(=O)OC(C)(C)C)CC2)c(=O)n2nc(C3=CCC4(CC3)CC4)nc2n1CC(=O)Nc1ccc(S(F)(F)(F)(F)F)cc1. The number of aromatic nitrogens is 4. The van der Waals surface area contributed by atoms with Gasteiger partial charge in [0.15, 0.2) is 5.82 Å². The number of hydrogen-bond donors (Lipinski definition) is 1. The maximum absolute atomic E-state index is 14.1. The van der Waals surface area contributed by atoms with Gasteiger partial charge < -0.3 is 24.4 Å². The van der Waals surface area contributed by atoms with Gasteiger partial charge in [-0.2, -0.15) is 9.50 Å². The molecule has 1 aliphatic heterocycles. The number of ether oxygens (including phenoxy) is 1. The van der Waals surface area contributed by atoms with E-state index in [4.69, 9.17) is 9.72 Å². The molecule has 1 spiro atoms. The van der Waals surface area contributed by atoms with Crippen molar-refractivity contribution in [3.8, 4) is 0 Å². The lowest BCUT2D eigenvalue weighted by Crippen LogP contribution is -2.51. The summed E-state index contributed by atoms with van der Waals surface area (Å²) < 4.78 is 74.3. The topological polar surface area (TPSA) is 114 Å². The summed E-state index contributed by atoms with van der Waals surface area (Å²) in [6.45, 7) is 7.90. The molecule has 268 valence electrons. The van der Waals surface area contributed by atoms with Crippen LogP contribution in [0.25, 0.3) is 11.4 Å². The second-order valence-electron chi connectivity index (χ2n) is 14.1. The summed E-state index contributed by atoms with van der Waals surface area (Å²) in [4.78, 5) is 46.3. The molecule has 0 unspecified atom stereocenters. The average molecular weight is 714 g/mol. The number of allylic oxidation sites excluding steroid dienone is 2. The molecule has 1 N–H and O–H groups in total. The summed E-state index contributed by atoms with van der Waals surface area (Å²) in [6, 6.07) is 1.99. The number of hydrogen-bond acceptors (Lipinski definition) is 7. The number of carbonyl (C=O) groups is 2. The number of rotatable bonds is 7. The maximum Gasteiger partial charge on any atom is 0.410 e. The van der Waals surface area contributed by atoms with Crippen LogP contribution in [0.5, 0.6) is 0 Å². The Kier molecular flexibility index (Phi) is 7.92. The summed E-state index contributed by atoms with van der Waals surface area (Å²) in [5.41, 5.74) is 0.798. The van der Waals surface area contributed by atoms with Gasteiger partial charge in [-0.3, -0.25) is 9.59 Å². The molecule has 2 fully saturated rings. The molecule has 2 aliphatic carbocycles. The Bertz CT molecular complexity index is 1910. The van der Waals surface area contributed by atoms with Crippen molar-refractivity contribution in [2.45, 2.75) is 83.3 Å². The molecule has 3 aliphatic rings. The third-order valence-electron chi connectivity index (χ3n) is 9.24. The van der Waals surface area contributed by atoms with E-state index < -0.39 is 44.8 Å². The van der Waals surface area contributed by atoms with Gasteiger partial charge in [-0.1, -0.05) is 32.4 Å². The van der Waals surface area contributed by atoms with Gasteiger partial charge in [0.25, 0.3) is 5.56 Å². The first-order valence-electron chi connectivity index (χ1n) is 16.2. The lowest BCUT2D eigenvalue weighted by Gasteiger charge is -2.40. The first-order chi connectivity index (χ1) is 22.6. The van der Waals surface area contributed by atoms with Crippen LogP contribution in [-0.4, -0.2) is 67.8 Å². The molecule has 2 amide bonds. The Labute approximate surface area is 279 Å². The third kappa shape index (κ3) is 7.40. The van der Waals surface area contributed by atoms with Crippen LogP contribution < -0.4 is 15.8 Å². The molecule has 1 saturated carbocycles. The zero-order valence-electron chi connectivity index (χ0n) is 27.8. The molecule has 0 bridgehead atoms. The van der Waals surface area contributed by atoms with Crippen LogP contribution in [0, 0.1) is 5.41 Å². The fourth-order valence-corrected chi connectivity index (χ4v) is 7.07. The number of benzene rings is 1. The molecule has 0 radical (unpaired) electrons. The van der Waals surface area contributed by atoms with Crippen molar-refractivity contribution in [3.05, 3.63) is 52.2 Å². The number of nitrogens with one attached hydrogen (secondary N) is 1. The van der Waals surface area contributed by atoms with Gasteiger partial charge in [-0.15, -0.1) is 5.10 Å². The number of anilines is 2. The minimum Gasteiger partial charge on any atom is -0.444 e. The molecule has 3 heterocycles. The van der Waals surface area contributed by atoms with Gasteiger partial charge in [0, 0.05) is 31.9 Å². The second kappa shape index (κ2) is 11.2. The van der Waals surface area contributed by atoms with Crippen LogP contribution in [0.2, 0.25) is 0 Å². The number of amides is 2. The Morgan fingerprint density at radius 3 is 2.18 bits per heavy atom. The standard InChI is InChI=1S/C32H40F5N7O4S/c1-5-24-26(41-16-18-42(19-17-41)30(47)48-31(2,3)4)28(46)44-29(39-27(40-44)21-10-12-32(13-11-21)14-15-32)43(24)20-25(45)38-22-6-8-23(9-7-22)49(33,34,35,36)37/h6-10H,5,11-20H2,1-4H3,(H,38,45). The molecular formula is C32H40F5N7O4S. The van der Waals surface area contributed by atoms with Crippen molar-refractivity contribution >= 4 is 44.9 Å². The van der Waals surface area contributed by atoms with Crippen molar-refractivity contribution in [1.29, 1.82) is 0 Å². The third-order valence-corrected chi connectivity index (χ3v) is 10.4. The molecule has 1 aromatic carbocycles. The molecule has 1 saturated heterocycles. The highest BCUT2D eigenvalue weighted by atomic mass is 32.5. The Hall–Kier alpha value is -4.15. The molecule has 3 aromatic rings. The van der Waals surface area contributed by atoms with E-state index in [2.05, 4.69) is 16.5 Å². The van der Waals surface area contributed by atoms with Crippen molar-refractivity contribution in [2.24, 2.45) is 5.41 Å². The summed E-state index contributed by atoms with van der Waals surface area (Å²) >= 11 is 0. The highest BCUT2D eigenvalue weighted by Gasteiger charge is 2.65. The van der Waals surface area contributed by atoms with Crippen molar-refractivity contribution in [3.63, 3.8) is 0 Å². The number of fused-ring (bicyclic) bond motifs is 1. The average Bonchev–Trinajstić information content (AvgIpc) is 3.60. The van der Waals surface area contributed by atoms with E-state index in [1.165, 1.54) is 17.4 Å². The maximum atomic E-state index is 14.1. The predicted octanol–water partition coefficient (Wildman–Crippen LogP) is 7.15. The molecule has 0 atom stereocenters. The van der Waals surface area contributed by atoms with Gasteiger partial charge in [0.2, 0.25) is 11.7 Å². The molecule has 11 nitrogen and oxygen atoms in total. The van der Waals surface area contributed by atoms with E-state index in [1.54, 1.807) is 30.2 Å². The van der Waals surface area contributed by atoms with Gasteiger partial charge >= 0.3 is 16.3 Å². The first-order valence-corrected chi connectivity index (χ1v) is 18.2. The van der Waals surface area contributed by atoms with Gasteiger partial charge in [0.1, 0.15) is 22.7 Å². The Morgan fingerprint density at radius 1 is 1.00 bits per heavy atom. The highest BCUT2D eigenvalue weighted by Crippen LogP contribution is 3.02. The lowest BCUT2D eigenvalue weighted by atomic mass is 9.87. The van der Waals surface area contributed by atoms with E-state index >= 15 is 0 Å². The normalized spacial score (nSPS) is 19.3. The van der Waals surface area contributed by atoms with Crippen molar-refractivity contribution in [2.75, 3.05) is 36.4 Å². The van der Waals surface area contributed by atoms with E-state index in [0.717, 1.165) is 37.0 Å². The first kappa shape index (κ1) is 34.7. The quantitative estimate of drug-likeness (QED) is 0.259.